The number of benzene rings is 1. The molecule has 2 N–H and O–H groups in total. The second-order valence-corrected chi connectivity index (χ2v) is 3.72. The largest absolute Gasteiger partial charge is 0.478 e. The highest BCUT2D eigenvalue weighted by atomic mass is 16.4. The van der Waals surface area contributed by atoms with Gasteiger partial charge >= 0.3 is 5.97 Å². The lowest BCUT2D eigenvalue weighted by Gasteiger charge is -2.05. The van der Waals surface area contributed by atoms with Crippen LogP contribution in [0.4, 0.5) is 5.69 Å². The van der Waals surface area contributed by atoms with Gasteiger partial charge in [0.05, 0.1) is 0 Å². The predicted molar refractivity (Wildman–Crippen MR) is 71.2 cm³/mol. The van der Waals surface area contributed by atoms with Crippen molar-refractivity contribution in [1.29, 1.82) is 0 Å². The number of hydrogen-bond donors (Lipinski definition) is 2. The van der Waals surface area contributed by atoms with Crippen LogP contribution in [0.1, 0.15) is 19.4 Å². The maximum absolute atomic E-state index is 11.6. The van der Waals surface area contributed by atoms with E-state index < -0.39 is 5.97 Å². The molecule has 0 unspecified atom stereocenters. The van der Waals surface area contributed by atoms with Gasteiger partial charge in [-0.25, -0.2) is 4.79 Å². The quantitative estimate of drug-likeness (QED) is 0.801. The zero-order chi connectivity index (χ0) is 13.5. The smallest absolute Gasteiger partial charge is 0.328 e. The molecular weight excluding hydrogens is 230 g/mol. The molecule has 1 aromatic rings. The van der Waals surface area contributed by atoms with Crippen LogP contribution in [0.25, 0.3) is 6.08 Å². The maximum Gasteiger partial charge on any atom is 0.328 e. The predicted octanol–water partition coefficient (Wildman–Crippen LogP) is 2.69. The van der Waals surface area contributed by atoms with Gasteiger partial charge in [0.2, 0.25) is 0 Å². The number of amides is 1. The zero-order valence-corrected chi connectivity index (χ0v) is 10.3. The molecule has 1 amide bonds. The first-order valence-electron chi connectivity index (χ1n) is 5.48. The topological polar surface area (TPSA) is 66.4 Å². The van der Waals surface area contributed by atoms with Crippen LogP contribution in [0.5, 0.6) is 0 Å². The first kappa shape index (κ1) is 13.7. The van der Waals surface area contributed by atoms with E-state index in [1.54, 1.807) is 44.2 Å². The van der Waals surface area contributed by atoms with Gasteiger partial charge in [0.15, 0.2) is 0 Å². The molecule has 4 nitrogen and oxygen atoms in total. The Morgan fingerprint density at radius 2 is 1.83 bits per heavy atom. The molecule has 0 saturated carbocycles. The fourth-order valence-corrected chi connectivity index (χ4v) is 1.21. The summed E-state index contributed by atoms with van der Waals surface area (Å²) < 4.78 is 0. The first-order chi connectivity index (χ1) is 8.52. The molecule has 1 aromatic carbocycles. The van der Waals surface area contributed by atoms with Crippen molar-refractivity contribution < 1.29 is 14.7 Å². The Hall–Kier alpha value is -2.36. The highest BCUT2D eigenvalue weighted by Gasteiger charge is 2.02. The summed E-state index contributed by atoms with van der Waals surface area (Å²) in [6.45, 7) is 3.54. The summed E-state index contributed by atoms with van der Waals surface area (Å²) in [4.78, 5) is 21.9. The third kappa shape index (κ3) is 4.25. The van der Waals surface area contributed by atoms with Crippen LogP contribution in [0.3, 0.4) is 0 Å². The maximum atomic E-state index is 11.6. The van der Waals surface area contributed by atoms with Crippen molar-refractivity contribution in [3.05, 3.63) is 47.6 Å². The molecule has 0 fully saturated rings. The van der Waals surface area contributed by atoms with Gasteiger partial charge in [0.25, 0.3) is 5.91 Å². The van der Waals surface area contributed by atoms with Gasteiger partial charge in [-0.2, -0.15) is 0 Å². The van der Waals surface area contributed by atoms with Crippen LogP contribution in [0, 0.1) is 0 Å². The lowest BCUT2D eigenvalue weighted by Crippen LogP contribution is -2.12. The van der Waals surface area contributed by atoms with E-state index in [-0.39, 0.29) is 5.91 Å². The summed E-state index contributed by atoms with van der Waals surface area (Å²) in [6, 6.07) is 6.92. The van der Waals surface area contributed by atoms with Crippen molar-refractivity contribution >= 4 is 23.6 Å². The number of carboxylic acids is 1. The number of allylic oxidation sites excluding steroid dienone is 1. The zero-order valence-electron chi connectivity index (χ0n) is 10.3. The average molecular weight is 245 g/mol. The third-order valence-corrected chi connectivity index (χ3v) is 2.38. The molecule has 4 heteroatoms. The molecule has 0 saturated heterocycles. The number of carbonyl (C=O) groups is 2. The second-order valence-electron chi connectivity index (χ2n) is 3.72. The van der Waals surface area contributed by atoms with E-state index in [1.807, 2.05) is 0 Å². The Morgan fingerprint density at radius 1 is 1.22 bits per heavy atom. The summed E-state index contributed by atoms with van der Waals surface area (Å²) in [6.07, 6.45) is 4.29. The summed E-state index contributed by atoms with van der Waals surface area (Å²) >= 11 is 0. The van der Waals surface area contributed by atoms with E-state index in [1.165, 1.54) is 6.08 Å². The van der Waals surface area contributed by atoms with E-state index in [0.717, 1.165) is 11.6 Å². The lowest BCUT2D eigenvalue weighted by atomic mass is 10.2. The van der Waals surface area contributed by atoms with Crippen molar-refractivity contribution in [3.63, 3.8) is 0 Å². The highest BCUT2D eigenvalue weighted by Crippen LogP contribution is 2.11. The molecule has 0 aromatic heterocycles. The third-order valence-electron chi connectivity index (χ3n) is 2.38. The number of hydrogen-bond acceptors (Lipinski definition) is 2. The number of carboxylic acid groups (broad SMARTS) is 1. The van der Waals surface area contributed by atoms with Crippen LogP contribution in [-0.2, 0) is 9.59 Å². The van der Waals surface area contributed by atoms with E-state index >= 15 is 0 Å². The molecule has 94 valence electrons. The molecule has 0 radical (unpaired) electrons. The number of rotatable bonds is 4. The van der Waals surface area contributed by atoms with Crippen molar-refractivity contribution in [1.82, 2.24) is 0 Å². The fourth-order valence-electron chi connectivity index (χ4n) is 1.21. The van der Waals surface area contributed by atoms with E-state index in [4.69, 9.17) is 5.11 Å². The van der Waals surface area contributed by atoms with Crippen LogP contribution in [0.15, 0.2) is 42.0 Å². The molecule has 0 aliphatic carbocycles. The summed E-state index contributed by atoms with van der Waals surface area (Å²) in [5, 5.41) is 11.2. The van der Waals surface area contributed by atoms with Crippen molar-refractivity contribution in [2.45, 2.75) is 13.8 Å². The van der Waals surface area contributed by atoms with Crippen molar-refractivity contribution in [3.8, 4) is 0 Å². The Kier molecular flexibility index (Phi) is 4.87. The molecule has 0 aliphatic rings. The van der Waals surface area contributed by atoms with E-state index in [9.17, 15) is 9.59 Å². The SMILES string of the molecule is C/C=C(/C)C(=O)Nc1ccc(/C=C/C(=O)O)cc1. The molecule has 1 rings (SSSR count). The van der Waals surface area contributed by atoms with Crippen LogP contribution < -0.4 is 5.32 Å². The Morgan fingerprint density at radius 3 is 2.33 bits per heavy atom. The molecule has 0 bridgehead atoms. The molecule has 0 heterocycles. The minimum Gasteiger partial charge on any atom is -0.478 e. The van der Waals surface area contributed by atoms with Gasteiger partial charge in [-0.15, -0.1) is 0 Å². The van der Waals surface area contributed by atoms with E-state index in [2.05, 4.69) is 5.32 Å². The standard InChI is InChI=1S/C14H15NO3/c1-3-10(2)14(18)15-12-7-4-11(5-8-12)6-9-13(16)17/h3-9H,1-2H3,(H,15,18)(H,16,17)/b9-6+,10-3-. The normalized spacial score (nSPS) is 11.6. The van der Waals surface area contributed by atoms with Gasteiger partial charge in [-0.1, -0.05) is 18.2 Å². The lowest BCUT2D eigenvalue weighted by molar-refractivity contribution is -0.131. The molecule has 18 heavy (non-hydrogen) atoms. The van der Waals surface area contributed by atoms with Crippen LogP contribution >= 0.6 is 0 Å². The molecule has 0 spiro atoms. The van der Waals surface area contributed by atoms with Crippen LogP contribution in [0.2, 0.25) is 0 Å². The molecular formula is C14H15NO3. The Bertz CT molecular complexity index is 498. The fraction of sp³-hybridized carbons (Fsp3) is 0.143. The van der Waals surface area contributed by atoms with Crippen molar-refractivity contribution in [2.75, 3.05) is 5.32 Å². The van der Waals surface area contributed by atoms with Gasteiger partial charge in [0, 0.05) is 17.3 Å². The minimum atomic E-state index is -0.990. The first-order valence-corrected chi connectivity index (χ1v) is 5.48. The molecule has 0 atom stereocenters. The number of anilines is 1. The average Bonchev–Trinajstić information content (AvgIpc) is 2.36. The Labute approximate surface area is 106 Å². The van der Waals surface area contributed by atoms with Gasteiger partial charge < -0.3 is 10.4 Å². The van der Waals surface area contributed by atoms with E-state index in [0.29, 0.717) is 11.3 Å². The van der Waals surface area contributed by atoms with Gasteiger partial charge in [-0.05, 0) is 37.6 Å². The van der Waals surface area contributed by atoms with Crippen LogP contribution in [-0.4, -0.2) is 17.0 Å². The number of aliphatic carboxylic acids is 1. The van der Waals surface area contributed by atoms with Crippen molar-refractivity contribution in [2.24, 2.45) is 0 Å². The number of nitrogens with one attached hydrogen (secondary N) is 1. The second kappa shape index (κ2) is 6.39. The van der Waals surface area contributed by atoms with Gasteiger partial charge in [0.1, 0.15) is 0 Å². The number of carbonyl (C=O) groups excluding carboxylic acids is 1. The highest BCUT2D eigenvalue weighted by molar-refractivity contribution is 6.03. The summed E-state index contributed by atoms with van der Waals surface area (Å²) in [5.74, 6) is -1.14. The monoisotopic (exact) mass is 245 g/mol. The molecule has 0 aliphatic heterocycles. The summed E-state index contributed by atoms with van der Waals surface area (Å²) in [7, 11) is 0. The summed E-state index contributed by atoms with van der Waals surface area (Å²) in [5.41, 5.74) is 2.08. The Balaban J connectivity index is 2.72. The minimum absolute atomic E-state index is 0.147. The van der Waals surface area contributed by atoms with Gasteiger partial charge in [-0.3, -0.25) is 4.79 Å².